The van der Waals surface area contributed by atoms with E-state index in [0.717, 1.165) is 10.9 Å². The van der Waals surface area contributed by atoms with Gasteiger partial charge in [0.25, 0.3) is 0 Å². The monoisotopic (exact) mass is 368 g/mol. The van der Waals surface area contributed by atoms with Gasteiger partial charge in [0.15, 0.2) is 0 Å². The first-order chi connectivity index (χ1) is 10.5. The third-order valence-electron chi connectivity index (χ3n) is 3.98. The van der Waals surface area contributed by atoms with Crippen molar-refractivity contribution in [3.63, 3.8) is 0 Å². The Bertz CT molecular complexity index is 564. The second-order valence-electron chi connectivity index (χ2n) is 5.37. The van der Waals surface area contributed by atoms with Gasteiger partial charge in [0.05, 0.1) is 0 Å². The van der Waals surface area contributed by atoms with Gasteiger partial charge in [-0.2, -0.15) is 0 Å². The zero-order valence-corrected chi connectivity index (χ0v) is 14.7. The van der Waals surface area contributed by atoms with Gasteiger partial charge >= 0.3 is 137 Å². The molecule has 1 aromatic rings. The summed E-state index contributed by atoms with van der Waals surface area (Å²) in [5.74, 6) is -0.861. The summed E-state index contributed by atoms with van der Waals surface area (Å²) in [5.41, 5.74) is -0.209. The number of rotatable bonds is 5. The van der Waals surface area contributed by atoms with E-state index in [-0.39, 0.29) is 5.92 Å². The van der Waals surface area contributed by atoms with Crippen LogP contribution >= 0.6 is 0 Å². The molecule has 4 nitrogen and oxygen atoms in total. The molecule has 0 fully saturated rings. The van der Waals surface area contributed by atoms with E-state index < -0.39 is 17.4 Å². The number of ether oxygens (including phenoxy) is 2. The number of methoxy groups -OCH3 is 2. The van der Waals surface area contributed by atoms with Crippen molar-refractivity contribution in [1.29, 1.82) is 0 Å². The van der Waals surface area contributed by atoms with E-state index in [2.05, 4.69) is 12.1 Å². The topological polar surface area (TPSA) is 52.6 Å². The fourth-order valence-corrected chi connectivity index (χ4v) is 5.11. The first-order valence-corrected chi connectivity index (χ1v) is 9.14. The number of hydrogen-bond acceptors (Lipinski definition) is 4. The van der Waals surface area contributed by atoms with Crippen LogP contribution in [0.5, 0.6) is 0 Å². The molecule has 0 aliphatic heterocycles. The first-order valence-electron chi connectivity index (χ1n) is 7.07. The molecule has 1 aliphatic carbocycles. The van der Waals surface area contributed by atoms with E-state index in [0.29, 0.717) is 21.4 Å². The van der Waals surface area contributed by atoms with Crippen molar-refractivity contribution >= 4 is 31.4 Å². The van der Waals surface area contributed by atoms with E-state index in [1.165, 1.54) is 18.7 Å². The molecule has 0 radical (unpaired) electrons. The van der Waals surface area contributed by atoms with Crippen LogP contribution in [0.25, 0.3) is 0 Å². The van der Waals surface area contributed by atoms with Gasteiger partial charge in [0.1, 0.15) is 0 Å². The van der Waals surface area contributed by atoms with Crippen LogP contribution in [0.3, 0.4) is 0 Å². The molecule has 118 valence electrons. The van der Waals surface area contributed by atoms with Gasteiger partial charge in [-0.3, -0.25) is 0 Å². The van der Waals surface area contributed by atoms with Crippen molar-refractivity contribution in [3.8, 4) is 0 Å². The SMILES string of the molecule is COC(=O)C1(C(=O)OC)C=C(C)C(C[Se]c2ccccc2)C1. The molecule has 0 bridgehead atoms. The molecule has 5 heteroatoms. The summed E-state index contributed by atoms with van der Waals surface area (Å²) in [7, 11) is 2.61. The molecular formula is C17H20O4Se. The Kier molecular flexibility index (Phi) is 5.43. The van der Waals surface area contributed by atoms with Gasteiger partial charge in [0.2, 0.25) is 0 Å². The van der Waals surface area contributed by atoms with E-state index >= 15 is 0 Å². The number of hydrogen-bond donors (Lipinski definition) is 0. The van der Waals surface area contributed by atoms with E-state index in [4.69, 9.17) is 9.47 Å². The standard InChI is InChI=1S/C17H20O4Se/c1-12-9-17(15(18)20-2,16(19)21-3)10-13(12)11-22-14-7-5-4-6-8-14/h4-9,13H,10-11H2,1-3H3. The van der Waals surface area contributed by atoms with Crippen molar-refractivity contribution in [1.82, 2.24) is 0 Å². The molecule has 1 aromatic carbocycles. The summed E-state index contributed by atoms with van der Waals surface area (Å²) in [5, 5.41) is 0.953. The average molecular weight is 367 g/mol. The maximum atomic E-state index is 12.1. The molecule has 0 heterocycles. The molecule has 0 spiro atoms. The van der Waals surface area contributed by atoms with E-state index in [1.807, 2.05) is 25.1 Å². The number of esters is 2. The minimum absolute atomic E-state index is 0.207. The van der Waals surface area contributed by atoms with Gasteiger partial charge in [-0.25, -0.2) is 0 Å². The van der Waals surface area contributed by atoms with E-state index in [9.17, 15) is 9.59 Å². The summed E-state index contributed by atoms with van der Waals surface area (Å²) in [4.78, 5) is 24.3. The van der Waals surface area contributed by atoms with Crippen LogP contribution in [0, 0.1) is 11.3 Å². The minimum atomic E-state index is -1.27. The van der Waals surface area contributed by atoms with Crippen molar-refractivity contribution in [2.45, 2.75) is 18.7 Å². The summed E-state index contributed by atoms with van der Waals surface area (Å²) in [6, 6.07) is 10.3. The number of carbonyl (C=O) groups is 2. The predicted molar refractivity (Wildman–Crippen MR) is 85.0 cm³/mol. The first kappa shape index (κ1) is 16.8. The Hall–Kier alpha value is -1.58. The summed E-state index contributed by atoms with van der Waals surface area (Å²) < 4.78 is 11.0. The molecule has 0 saturated carbocycles. The van der Waals surface area contributed by atoms with Crippen LogP contribution in [0.15, 0.2) is 42.0 Å². The van der Waals surface area contributed by atoms with Gasteiger partial charge in [-0.1, -0.05) is 0 Å². The Morgan fingerprint density at radius 3 is 2.32 bits per heavy atom. The second kappa shape index (κ2) is 7.12. The Morgan fingerprint density at radius 2 is 1.77 bits per heavy atom. The van der Waals surface area contributed by atoms with Gasteiger partial charge in [-0.15, -0.1) is 0 Å². The van der Waals surface area contributed by atoms with Crippen LogP contribution in [-0.2, 0) is 19.1 Å². The van der Waals surface area contributed by atoms with Crippen LogP contribution < -0.4 is 4.46 Å². The van der Waals surface area contributed by atoms with Crippen molar-refractivity contribution in [2.75, 3.05) is 14.2 Å². The van der Waals surface area contributed by atoms with Gasteiger partial charge in [0, 0.05) is 0 Å². The zero-order valence-electron chi connectivity index (χ0n) is 13.0. The predicted octanol–water partition coefficient (Wildman–Crippen LogP) is 1.73. The van der Waals surface area contributed by atoms with Crippen LogP contribution in [0.4, 0.5) is 0 Å². The number of allylic oxidation sites excluding steroid dienone is 1. The molecule has 2 rings (SSSR count). The average Bonchev–Trinajstić information content (AvgIpc) is 2.90. The molecule has 1 aliphatic rings. The normalized spacial score (nSPS) is 19.4. The third-order valence-corrected chi connectivity index (χ3v) is 6.44. The molecule has 0 N–H and O–H groups in total. The Balaban J connectivity index is 2.12. The van der Waals surface area contributed by atoms with Crippen LogP contribution in [0.1, 0.15) is 13.3 Å². The van der Waals surface area contributed by atoms with Crippen molar-refractivity contribution in [3.05, 3.63) is 42.0 Å². The van der Waals surface area contributed by atoms with E-state index in [1.54, 1.807) is 6.08 Å². The maximum absolute atomic E-state index is 12.1. The van der Waals surface area contributed by atoms with Crippen molar-refractivity contribution < 1.29 is 19.1 Å². The Morgan fingerprint density at radius 1 is 1.18 bits per heavy atom. The van der Waals surface area contributed by atoms with Crippen molar-refractivity contribution in [2.24, 2.45) is 11.3 Å². The number of carbonyl (C=O) groups excluding carboxylic acids is 2. The van der Waals surface area contributed by atoms with Gasteiger partial charge in [-0.05, 0) is 0 Å². The molecule has 0 aromatic heterocycles. The molecular weight excluding hydrogens is 347 g/mol. The summed E-state index contributed by atoms with van der Waals surface area (Å²) >= 11 is 0.309. The fourth-order valence-electron chi connectivity index (χ4n) is 2.75. The summed E-state index contributed by atoms with van der Waals surface area (Å²) in [6.07, 6.45) is 2.17. The molecule has 22 heavy (non-hydrogen) atoms. The van der Waals surface area contributed by atoms with Gasteiger partial charge < -0.3 is 0 Å². The molecule has 0 amide bonds. The van der Waals surface area contributed by atoms with Crippen LogP contribution in [-0.4, -0.2) is 41.1 Å². The summed E-state index contributed by atoms with van der Waals surface area (Å²) in [6.45, 7) is 1.97. The zero-order chi connectivity index (χ0) is 16.2. The third kappa shape index (κ3) is 3.26. The van der Waals surface area contributed by atoms with Crippen LogP contribution in [0.2, 0.25) is 5.32 Å². The molecule has 0 saturated heterocycles. The molecule has 1 unspecified atom stereocenters. The quantitative estimate of drug-likeness (QED) is 0.344. The second-order valence-corrected chi connectivity index (χ2v) is 7.66. The fraction of sp³-hybridized carbons (Fsp3) is 0.412. The number of benzene rings is 1. The molecule has 1 atom stereocenters. The Labute approximate surface area is 137 Å².